The van der Waals surface area contributed by atoms with Crippen molar-refractivity contribution in [3.63, 3.8) is 0 Å². The fraction of sp³-hybridized carbons (Fsp3) is 0.560. The Bertz CT molecular complexity index is 910. The van der Waals surface area contributed by atoms with Crippen LogP contribution in [0.1, 0.15) is 51.5 Å². The van der Waals surface area contributed by atoms with Gasteiger partial charge in [0.05, 0.1) is 6.04 Å². The van der Waals surface area contributed by atoms with Gasteiger partial charge in [0.25, 0.3) is 0 Å². The molecule has 0 spiro atoms. The Morgan fingerprint density at radius 2 is 1.49 bits per heavy atom. The third-order valence-corrected chi connectivity index (χ3v) is 5.76. The van der Waals surface area contributed by atoms with Crippen molar-refractivity contribution < 1.29 is 29.1 Å². The largest absolute Gasteiger partial charge is 0.480 e. The smallest absolute Gasteiger partial charge is 0.326 e. The fourth-order valence-corrected chi connectivity index (χ4v) is 3.57. The van der Waals surface area contributed by atoms with Gasteiger partial charge in [0.15, 0.2) is 0 Å². The first-order chi connectivity index (χ1) is 17.5. The molecule has 12 nitrogen and oxygen atoms in total. The number of hydrogen-bond donors (Lipinski definition) is 7. The number of nitrogens with one attached hydrogen (secondary N) is 3. The van der Waals surface area contributed by atoms with Crippen LogP contribution in [-0.2, 0) is 30.4 Å². The Kier molecular flexibility index (Phi) is 13.9. The maximum Gasteiger partial charge on any atom is 0.326 e. The summed E-state index contributed by atoms with van der Waals surface area (Å²) >= 11 is 0. The molecule has 0 aliphatic carbocycles. The molecule has 0 heterocycles. The topological polar surface area (TPSA) is 220 Å². The molecule has 4 unspecified atom stereocenters. The Morgan fingerprint density at radius 1 is 0.865 bits per heavy atom. The molecule has 4 amide bonds. The Balaban J connectivity index is 2.96. The zero-order valence-electron chi connectivity index (χ0n) is 21.4. The van der Waals surface area contributed by atoms with Crippen molar-refractivity contribution in [1.29, 1.82) is 0 Å². The van der Waals surface area contributed by atoms with E-state index in [1.165, 1.54) is 0 Å². The van der Waals surface area contributed by atoms with Crippen LogP contribution in [0.4, 0.5) is 0 Å². The molecule has 37 heavy (non-hydrogen) atoms. The summed E-state index contributed by atoms with van der Waals surface area (Å²) in [6, 6.07) is 4.36. The van der Waals surface area contributed by atoms with E-state index in [1.54, 1.807) is 44.2 Å². The van der Waals surface area contributed by atoms with Crippen LogP contribution in [0.2, 0.25) is 0 Å². The third-order valence-electron chi connectivity index (χ3n) is 5.76. The van der Waals surface area contributed by atoms with Crippen molar-refractivity contribution in [2.75, 3.05) is 6.54 Å². The Hall–Kier alpha value is -3.51. The van der Waals surface area contributed by atoms with Crippen molar-refractivity contribution in [2.24, 2.45) is 23.1 Å². The summed E-state index contributed by atoms with van der Waals surface area (Å²) in [5, 5.41) is 17.2. The number of aliphatic carboxylic acids is 1. The minimum atomic E-state index is -1.27. The van der Waals surface area contributed by atoms with Gasteiger partial charge in [-0.05, 0) is 37.3 Å². The maximum atomic E-state index is 13.1. The van der Waals surface area contributed by atoms with E-state index < -0.39 is 53.8 Å². The SMILES string of the molecule is CC(C)C(NC(=O)C(N)CCCCN)C(=O)NC(CCC(N)=O)C(=O)NC(Cc1ccccc1)C(=O)O. The third kappa shape index (κ3) is 11.8. The zero-order chi connectivity index (χ0) is 28.0. The average Bonchev–Trinajstić information content (AvgIpc) is 2.84. The van der Waals surface area contributed by atoms with Crippen LogP contribution in [-0.4, -0.2) is 65.4 Å². The molecule has 1 aromatic rings. The van der Waals surface area contributed by atoms with E-state index >= 15 is 0 Å². The van der Waals surface area contributed by atoms with Gasteiger partial charge in [0, 0.05) is 12.8 Å². The second kappa shape index (κ2) is 16.3. The highest BCUT2D eigenvalue weighted by Gasteiger charge is 2.31. The molecule has 0 aromatic heterocycles. The second-order valence-corrected chi connectivity index (χ2v) is 9.28. The number of carbonyl (C=O) groups excluding carboxylic acids is 4. The van der Waals surface area contributed by atoms with Gasteiger partial charge in [0.2, 0.25) is 23.6 Å². The lowest BCUT2D eigenvalue weighted by molar-refractivity contribution is -0.142. The lowest BCUT2D eigenvalue weighted by atomic mass is 10.0. The maximum absolute atomic E-state index is 13.1. The van der Waals surface area contributed by atoms with Crippen LogP contribution < -0.4 is 33.2 Å². The first-order valence-corrected chi connectivity index (χ1v) is 12.4. The molecule has 0 aliphatic rings. The van der Waals surface area contributed by atoms with Crippen molar-refractivity contribution in [3.05, 3.63) is 35.9 Å². The zero-order valence-corrected chi connectivity index (χ0v) is 21.4. The first kappa shape index (κ1) is 31.5. The quantitative estimate of drug-likeness (QED) is 0.128. The molecular weight excluding hydrogens is 480 g/mol. The van der Waals surface area contributed by atoms with E-state index in [4.69, 9.17) is 17.2 Å². The highest BCUT2D eigenvalue weighted by atomic mass is 16.4. The van der Waals surface area contributed by atoms with Crippen LogP contribution in [0.3, 0.4) is 0 Å². The van der Waals surface area contributed by atoms with E-state index in [1.807, 2.05) is 0 Å². The minimum Gasteiger partial charge on any atom is -0.480 e. The van der Waals surface area contributed by atoms with Crippen LogP contribution in [0.5, 0.6) is 0 Å². The van der Waals surface area contributed by atoms with Crippen LogP contribution >= 0.6 is 0 Å². The molecule has 0 radical (unpaired) electrons. The van der Waals surface area contributed by atoms with E-state index in [2.05, 4.69) is 16.0 Å². The molecule has 4 atom stereocenters. The summed E-state index contributed by atoms with van der Waals surface area (Å²) in [5.74, 6) is -4.28. The van der Waals surface area contributed by atoms with Crippen molar-refractivity contribution in [2.45, 2.75) is 76.5 Å². The van der Waals surface area contributed by atoms with Gasteiger partial charge >= 0.3 is 5.97 Å². The van der Waals surface area contributed by atoms with E-state index in [0.29, 0.717) is 31.4 Å². The summed E-state index contributed by atoms with van der Waals surface area (Å²) in [7, 11) is 0. The van der Waals surface area contributed by atoms with Gasteiger partial charge in [-0.25, -0.2) is 4.79 Å². The summed E-state index contributed by atoms with van der Waals surface area (Å²) in [6.45, 7) is 3.90. The van der Waals surface area contributed by atoms with Crippen molar-refractivity contribution >= 4 is 29.6 Å². The molecule has 12 heteroatoms. The van der Waals surface area contributed by atoms with Gasteiger partial charge < -0.3 is 38.3 Å². The molecular formula is C25H40N6O6. The average molecular weight is 521 g/mol. The molecule has 0 saturated carbocycles. The molecule has 1 rings (SSSR count). The number of rotatable bonds is 17. The van der Waals surface area contributed by atoms with Crippen molar-refractivity contribution in [3.8, 4) is 0 Å². The summed E-state index contributed by atoms with van der Waals surface area (Å²) < 4.78 is 0. The standard InChI is InChI=1S/C25H40N6O6/c1-15(2)21(31-22(33)17(27)10-6-7-13-26)24(35)29-18(11-12-20(28)32)23(34)30-19(25(36)37)14-16-8-4-3-5-9-16/h3-5,8-9,15,17-19,21H,6-7,10-14,26-27H2,1-2H3,(H2,28,32)(H,29,35)(H,30,34)(H,31,33)(H,36,37). The van der Waals surface area contributed by atoms with Crippen molar-refractivity contribution in [1.82, 2.24) is 16.0 Å². The first-order valence-electron chi connectivity index (χ1n) is 12.4. The number of carboxylic acid groups (broad SMARTS) is 1. The Morgan fingerprint density at radius 3 is 2.03 bits per heavy atom. The summed E-state index contributed by atoms with van der Waals surface area (Å²) in [6.07, 6.45) is 1.42. The Labute approximate surface area is 217 Å². The number of nitrogens with two attached hydrogens (primary N) is 3. The van der Waals surface area contributed by atoms with E-state index in [0.717, 1.165) is 0 Å². The number of carbonyl (C=O) groups is 5. The molecule has 0 saturated heterocycles. The predicted molar refractivity (Wildman–Crippen MR) is 138 cm³/mol. The van der Waals surface area contributed by atoms with Crippen LogP contribution in [0.25, 0.3) is 0 Å². The van der Waals surface area contributed by atoms with Gasteiger partial charge in [-0.15, -0.1) is 0 Å². The number of amides is 4. The van der Waals surface area contributed by atoms with E-state index in [9.17, 15) is 29.1 Å². The highest BCUT2D eigenvalue weighted by molar-refractivity contribution is 5.94. The molecule has 0 fully saturated rings. The molecule has 0 aliphatic heterocycles. The summed E-state index contributed by atoms with van der Waals surface area (Å²) in [5.41, 5.74) is 17.3. The molecule has 10 N–H and O–H groups in total. The van der Waals surface area contributed by atoms with E-state index in [-0.39, 0.29) is 25.2 Å². The molecule has 0 bridgehead atoms. The highest BCUT2D eigenvalue weighted by Crippen LogP contribution is 2.08. The van der Waals surface area contributed by atoms with Gasteiger partial charge in [-0.2, -0.15) is 0 Å². The number of hydrogen-bond acceptors (Lipinski definition) is 7. The lowest BCUT2D eigenvalue weighted by Gasteiger charge is -2.27. The van der Waals surface area contributed by atoms with Gasteiger partial charge in [0.1, 0.15) is 18.1 Å². The number of primary amides is 1. The number of unbranched alkanes of at least 4 members (excludes halogenated alkanes) is 1. The lowest BCUT2D eigenvalue weighted by Crippen LogP contribution is -2.58. The molecule has 206 valence electrons. The molecule has 1 aromatic carbocycles. The monoisotopic (exact) mass is 520 g/mol. The van der Waals surface area contributed by atoms with Gasteiger partial charge in [-0.1, -0.05) is 50.6 Å². The van der Waals surface area contributed by atoms with Gasteiger partial charge in [-0.3, -0.25) is 19.2 Å². The predicted octanol–water partition coefficient (Wildman–Crippen LogP) is -0.854. The minimum absolute atomic E-state index is 0.0190. The number of benzene rings is 1. The number of carboxylic acids is 1. The van der Waals surface area contributed by atoms with Crippen LogP contribution in [0.15, 0.2) is 30.3 Å². The second-order valence-electron chi connectivity index (χ2n) is 9.28. The summed E-state index contributed by atoms with van der Waals surface area (Å²) in [4.78, 5) is 61.8. The normalized spacial score (nSPS) is 14.2. The van der Waals surface area contributed by atoms with Crippen LogP contribution in [0, 0.1) is 5.92 Å². The fourth-order valence-electron chi connectivity index (χ4n) is 3.57.